The molecule has 1 aromatic rings. The molecule has 1 aromatic carbocycles. The van der Waals surface area contributed by atoms with Crippen molar-refractivity contribution in [2.75, 3.05) is 0 Å². The molecule has 0 saturated carbocycles. The fourth-order valence-corrected chi connectivity index (χ4v) is 2.30. The van der Waals surface area contributed by atoms with Crippen LogP contribution >= 0.6 is 11.6 Å². The van der Waals surface area contributed by atoms with Crippen LogP contribution in [0, 0.1) is 5.92 Å². The Morgan fingerprint density at radius 2 is 1.89 bits per heavy atom. The third-order valence-electron chi connectivity index (χ3n) is 3.30. The van der Waals surface area contributed by atoms with Crippen LogP contribution in [0.2, 0.25) is 5.02 Å². The first-order valence-electron chi connectivity index (χ1n) is 6.73. The number of halogens is 1. The maximum absolute atomic E-state index is 10.1. The summed E-state index contributed by atoms with van der Waals surface area (Å²) in [6.45, 7) is 6.06. The SMILES string of the molecule is C=CC(CCC)CCCC(O)c1ccc(Cl)cc1. The molecule has 0 aliphatic carbocycles. The zero-order chi connectivity index (χ0) is 13.4. The van der Waals surface area contributed by atoms with E-state index in [0.717, 1.165) is 24.8 Å². The summed E-state index contributed by atoms with van der Waals surface area (Å²) in [7, 11) is 0. The molecule has 100 valence electrons. The number of rotatable bonds is 8. The molecule has 2 unspecified atom stereocenters. The molecule has 0 aliphatic rings. The molecule has 0 amide bonds. The van der Waals surface area contributed by atoms with E-state index < -0.39 is 0 Å². The summed E-state index contributed by atoms with van der Waals surface area (Å²) in [5.41, 5.74) is 0.949. The molecule has 0 fully saturated rings. The summed E-state index contributed by atoms with van der Waals surface area (Å²) in [5.74, 6) is 0.590. The summed E-state index contributed by atoms with van der Waals surface area (Å²) in [6.07, 6.45) is 6.99. The number of hydrogen-bond acceptors (Lipinski definition) is 1. The van der Waals surface area contributed by atoms with Crippen molar-refractivity contribution in [2.45, 2.75) is 45.1 Å². The maximum atomic E-state index is 10.1. The van der Waals surface area contributed by atoms with E-state index in [2.05, 4.69) is 13.5 Å². The first-order valence-corrected chi connectivity index (χ1v) is 7.11. The summed E-state index contributed by atoms with van der Waals surface area (Å²) >= 11 is 5.82. The highest BCUT2D eigenvalue weighted by atomic mass is 35.5. The second-order valence-electron chi connectivity index (χ2n) is 4.78. The average molecular weight is 267 g/mol. The van der Waals surface area contributed by atoms with Crippen molar-refractivity contribution in [1.82, 2.24) is 0 Å². The van der Waals surface area contributed by atoms with Crippen molar-refractivity contribution < 1.29 is 5.11 Å². The molecule has 0 spiro atoms. The monoisotopic (exact) mass is 266 g/mol. The Hall–Kier alpha value is -0.790. The lowest BCUT2D eigenvalue weighted by Gasteiger charge is -2.14. The second kappa shape index (κ2) is 8.34. The molecule has 1 rings (SSSR count). The van der Waals surface area contributed by atoms with E-state index >= 15 is 0 Å². The minimum absolute atomic E-state index is 0.380. The maximum Gasteiger partial charge on any atom is 0.0790 e. The molecule has 0 bridgehead atoms. The quantitative estimate of drug-likeness (QED) is 0.646. The van der Waals surface area contributed by atoms with Crippen molar-refractivity contribution in [3.8, 4) is 0 Å². The summed E-state index contributed by atoms with van der Waals surface area (Å²) in [4.78, 5) is 0. The molecule has 1 N–H and O–H groups in total. The van der Waals surface area contributed by atoms with Crippen molar-refractivity contribution >= 4 is 11.6 Å². The van der Waals surface area contributed by atoms with Crippen LogP contribution < -0.4 is 0 Å². The fraction of sp³-hybridized carbons (Fsp3) is 0.500. The van der Waals surface area contributed by atoms with Gasteiger partial charge in [0.15, 0.2) is 0 Å². The van der Waals surface area contributed by atoms with Crippen LogP contribution in [-0.2, 0) is 0 Å². The minimum atomic E-state index is -0.380. The number of benzene rings is 1. The van der Waals surface area contributed by atoms with Crippen LogP contribution in [0.15, 0.2) is 36.9 Å². The fourth-order valence-electron chi connectivity index (χ4n) is 2.18. The Bertz CT molecular complexity index is 345. The predicted octanol–water partition coefficient (Wildman–Crippen LogP) is 5.15. The summed E-state index contributed by atoms with van der Waals surface area (Å²) in [5, 5.41) is 10.8. The largest absolute Gasteiger partial charge is 0.388 e. The number of hydrogen-bond donors (Lipinski definition) is 1. The van der Waals surface area contributed by atoms with E-state index in [0.29, 0.717) is 10.9 Å². The van der Waals surface area contributed by atoms with Gasteiger partial charge in [-0.15, -0.1) is 6.58 Å². The molecule has 0 aliphatic heterocycles. The van der Waals surface area contributed by atoms with Gasteiger partial charge < -0.3 is 5.11 Å². The Kier molecular flexibility index (Phi) is 7.07. The van der Waals surface area contributed by atoms with Crippen molar-refractivity contribution in [3.63, 3.8) is 0 Å². The average Bonchev–Trinajstić information content (AvgIpc) is 2.38. The third-order valence-corrected chi connectivity index (χ3v) is 3.55. The van der Waals surface area contributed by atoms with Gasteiger partial charge in [0.2, 0.25) is 0 Å². The van der Waals surface area contributed by atoms with Crippen molar-refractivity contribution in [3.05, 3.63) is 47.5 Å². The van der Waals surface area contributed by atoms with Crippen molar-refractivity contribution in [1.29, 1.82) is 0 Å². The zero-order valence-electron chi connectivity index (χ0n) is 11.1. The predicted molar refractivity (Wildman–Crippen MR) is 78.9 cm³/mol. The van der Waals surface area contributed by atoms with Gasteiger partial charge in [0, 0.05) is 5.02 Å². The highest BCUT2D eigenvalue weighted by molar-refractivity contribution is 6.30. The van der Waals surface area contributed by atoms with Gasteiger partial charge in [-0.2, -0.15) is 0 Å². The van der Waals surface area contributed by atoms with Gasteiger partial charge in [-0.05, 0) is 49.3 Å². The minimum Gasteiger partial charge on any atom is -0.388 e. The molecule has 2 atom stereocenters. The Morgan fingerprint density at radius 3 is 2.44 bits per heavy atom. The summed E-state index contributed by atoms with van der Waals surface area (Å²) in [6, 6.07) is 7.43. The van der Waals surface area contributed by atoms with Gasteiger partial charge in [0.25, 0.3) is 0 Å². The molecule has 2 heteroatoms. The van der Waals surface area contributed by atoms with E-state index in [1.807, 2.05) is 30.3 Å². The van der Waals surface area contributed by atoms with Crippen molar-refractivity contribution in [2.24, 2.45) is 5.92 Å². The topological polar surface area (TPSA) is 20.2 Å². The van der Waals surface area contributed by atoms with Crippen LogP contribution in [0.25, 0.3) is 0 Å². The molecule has 1 nitrogen and oxygen atoms in total. The van der Waals surface area contributed by atoms with E-state index in [4.69, 9.17) is 11.6 Å². The van der Waals surface area contributed by atoms with Gasteiger partial charge in [-0.3, -0.25) is 0 Å². The lowest BCUT2D eigenvalue weighted by Crippen LogP contribution is -2.00. The zero-order valence-corrected chi connectivity index (χ0v) is 11.9. The van der Waals surface area contributed by atoms with E-state index in [9.17, 15) is 5.11 Å². The number of allylic oxidation sites excluding steroid dienone is 1. The first kappa shape index (κ1) is 15.3. The Labute approximate surface area is 115 Å². The Balaban J connectivity index is 2.34. The highest BCUT2D eigenvalue weighted by Gasteiger charge is 2.09. The Morgan fingerprint density at radius 1 is 1.22 bits per heavy atom. The molecular weight excluding hydrogens is 244 g/mol. The van der Waals surface area contributed by atoms with E-state index in [1.165, 1.54) is 12.8 Å². The van der Waals surface area contributed by atoms with Crippen LogP contribution in [0.5, 0.6) is 0 Å². The normalized spacial score (nSPS) is 14.2. The lowest BCUT2D eigenvalue weighted by atomic mass is 9.95. The molecule has 18 heavy (non-hydrogen) atoms. The number of aliphatic hydroxyl groups is 1. The standard InChI is InChI=1S/C16H23ClO/c1-3-6-13(4-2)7-5-8-16(18)14-9-11-15(17)12-10-14/h4,9-13,16,18H,2-3,5-8H2,1H3. The van der Waals surface area contributed by atoms with Gasteiger partial charge in [-0.25, -0.2) is 0 Å². The van der Waals surface area contributed by atoms with E-state index in [1.54, 1.807) is 0 Å². The van der Waals surface area contributed by atoms with Crippen LogP contribution in [0.4, 0.5) is 0 Å². The number of aliphatic hydroxyl groups excluding tert-OH is 1. The van der Waals surface area contributed by atoms with Crippen LogP contribution in [-0.4, -0.2) is 5.11 Å². The molecule has 0 saturated heterocycles. The lowest BCUT2D eigenvalue weighted by molar-refractivity contribution is 0.162. The highest BCUT2D eigenvalue weighted by Crippen LogP contribution is 2.23. The smallest absolute Gasteiger partial charge is 0.0790 e. The molecule has 0 heterocycles. The third kappa shape index (κ3) is 5.24. The molecular formula is C16H23ClO. The van der Waals surface area contributed by atoms with Crippen LogP contribution in [0.1, 0.15) is 50.7 Å². The van der Waals surface area contributed by atoms with Gasteiger partial charge in [0.1, 0.15) is 0 Å². The molecule has 0 aromatic heterocycles. The second-order valence-corrected chi connectivity index (χ2v) is 5.22. The van der Waals surface area contributed by atoms with Crippen LogP contribution in [0.3, 0.4) is 0 Å². The first-order chi connectivity index (χ1) is 8.67. The van der Waals surface area contributed by atoms with Gasteiger partial charge in [-0.1, -0.05) is 43.2 Å². The van der Waals surface area contributed by atoms with Gasteiger partial charge in [0.05, 0.1) is 6.10 Å². The molecule has 0 radical (unpaired) electrons. The van der Waals surface area contributed by atoms with Gasteiger partial charge >= 0.3 is 0 Å². The van der Waals surface area contributed by atoms with E-state index in [-0.39, 0.29) is 6.10 Å². The summed E-state index contributed by atoms with van der Waals surface area (Å²) < 4.78 is 0.